The summed E-state index contributed by atoms with van der Waals surface area (Å²) in [7, 11) is 2.22. The molecular formula is C17H26N2. The van der Waals surface area contributed by atoms with Crippen LogP contribution >= 0.6 is 0 Å². The number of rotatable bonds is 2. The van der Waals surface area contributed by atoms with E-state index in [9.17, 15) is 0 Å². The van der Waals surface area contributed by atoms with E-state index in [2.05, 4.69) is 48.9 Å². The van der Waals surface area contributed by atoms with Gasteiger partial charge in [0.2, 0.25) is 0 Å². The first-order chi connectivity index (χ1) is 9.19. The molecule has 1 heterocycles. The third-order valence-electron chi connectivity index (χ3n) is 5.04. The Morgan fingerprint density at radius 2 is 1.84 bits per heavy atom. The zero-order valence-corrected chi connectivity index (χ0v) is 12.5. The number of anilines is 1. The minimum atomic E-state index is 0.743. The molecule has 0 bridgehead atoms. The molecule has 1 aliphatic heterocycles. The lowest BCUT2D eigenvalue weighted by Crippen LogP contribution is -2.44. The van der Waals surface area contributed by atoms with Gasteiger partial charge < -0.3 is 9.80 Å². The van der Waals surface area contributed by atoms with Crippen molar-refractivity contribution in [2.45, 2.75) is 38.5 Å². The molecule has 19 heavy (non-hydrogen) atoms. The third kappa shape index (κ3) is 2.38. The van der Waals surface area contributed by atoms with Crippen molar-refractivity contribution in [2.75, 3.05) is 38.1 Å². The van der Waals surface area contributed by atoms with Gasteiger partial charge in [0.1, 0.15) is 0 Å². The van der Waals surface area contributed by atoms with Crippen LogP contribution in [0.25, 0.3) is 0 Å². The van der Waals surface area contributed by atoms with E-state index in [4.69, 9.17) is 0 Å². The highest BCUT2D eigenvalue weighted by molar-refractivity contribution is 5.54. The summed E-state index contributed by atoms with van der Waals surface area (Å²) in [5, 5.41) is 0. The Hall–Kier alpha value is -1.02. The number of fused-ring (bicyclic) bond motifs is 1. The predicted octanol–water partition coefficient (Wildman–Crippen LogP) is 3.44. The van der Waals surface area contributed by atoms with Crippen LogP contribution in [0.1, 0.15) is 49.7 Å². The Balaban J connectivity index is 1.84. The Kier molecular flexibility index (Phi) is 3.53. The van der Waals surface area contributed by atoms with E-state index in [0.717, 1.165) is 11.8 Å². The van der Waals surface area contributed by atoms with Crippen molar-refractivity contribution in [3.8, 4) is 0 Å². The molecule has 1 aromatic rings. The molecule has 0 radical (unpaired) electrons. The highest BCUT2D eigenvalue weighted by Crippen LogP contribution is 2.44. The normalized spacial score (nSPS) is 27.6. The van der Waals surface area contributed by atoms with Gasteiger partial charge in [-0.2, -0.15) is 0 Å². The van der Waals surface area contributed by atoms with Crippen molar-refractivity contribution >= 4 is 5.69 Å². The average molecular weight is 258 g/mol. The summed E-state index contributed by atoms with van der Waals surface area (Å²) >= 11 is 0. The fourth-order valence-electron chi connectivity index (χ4n) is 3.69. The van der Waals surface area contributed by atoms with Crippen LogP contribution in [0.3, 0.4) is 0 Å². The van der Waals surface area contributed by atoms with E-state index < -0.39 is 0 Å². The molecule has 2 heteroatoms. The molecule has 0 saturated carbocycles. The lowest BCUT2D eigenvalue weighted by Gasteiger charge is -2.34. The molecule has 1 aromatic carbocycles. The summed E-state index contributed by atoms with van der Waals surface area (Å²) in [5.74, 6) is 1.54. The molecule has 0 aromatic heterocycles. The van der Waals surface area contributed by atoms with E-state index in [1.807, 2.05) is 0 Å². The van der Waals surface area contributed by atoms with Crippen LogP contribution in [0.15, 0.2) is 18.2 Å². The average Bonchev–Trinajstić information content (AvgIpc) is 2.76. The van der Waals surface area contributed by atoms with Gasteiger partial charge in [-0.3, -0.25) is 0 Å². The molecule has 0 spiro atoms. The van der Waals surface area contributed by atoms with Gasteiger partial charge in [-0.1, -0.05) is 19.9 Å². The maximum atomic E-state index is 2.55. The molecule has 1 saturated heterocycles. The van der Waals surface area contributed by atoms with Gasteiger partial charge in [0.05, 0.1) is 0 Å². The smallest absolute Gasteiger partial charge is 0.0370 e. The Morgan fingerprint density at radius 1 is 1.11 bits per heavy atom. The highest BCUT2D eigenvalue weighted by atomic mass is 15.2. The summed E-state index contributed by atoms with van der Waals surface area (Å²) in [6, 6.07) is 7.23. The Bertz CT molecular complexity index is 447. The maximum absolute atomic E-state index is 2.55. The Morgan fingerprint density at radius 3 is 2.53 bits per heavy atom. The van der Waals surface area contributed by atoms with Crippen molar-refractivity contribution in [1.29, 1.82) is 0 Å². The molecule has 2 atom stereocenters. The van der Waals surface area contributed by atoms with Crippen LogP contribution in [-0.4, -0.2) is 38.1 Å². The van der Waals surface area contributed by atoms with E-state index >= 15 is 0 Å². The van der Waals surface area contributed by atoms with E-state index in [-0.39, 0.29) is 0 Å². The summed E-state index contributed by atoms with van der Waals surface area (Å²) in [6.45, 7) is 9.42. The molecule has 1 fully saturated rings. The molecule has 3 rings (SSSR count). The number of nitrogens with zero attached hydrogens (tertiary/aromatic N) is 2. The van der Waals surface area contributed by atoms with Crippen molar-refractivity contribution in [3.63, 3.8) is 0 Å². The fraction of sp³-hybridized carbons (Fsp3) is 0.647. The maximum Gasteiger partial charge on any atom is 0.0370 e. The van der Waals surface area contributed by atoms with E-state index in [1.54, 1.807) is 11.1 Å². The van der Waals surface area contributed by atoms with Crippen molar-refractivity contribution < 1.29 is 0 Å². The predicted molar refractivity (Wildman–Crippen MR) is 82.2 cm³/mol. The first kappa shape index (κ1) is 13.0. The van der Waals surface area contributed by atoms with Crippen LogP contribution in [0.4, 0.5) is 5.69 Å². The van der Waals surface area contributed by atoms with Gasteiger partial charge in [0.15, 0.2) is 0 Å². The van der Waals surface area contributed by atoms with Crippen molar-refractivity contribution in [3.05, 3.63) is 29.3 Å². The SMILES string of the molecule is CC[C@@H]1C[C@@H](C)c2cc(N3CCN(C)CC3)ccc21. The molecule has 0 N–H and O–H groups in total. The minimum absolute atomic E-state index is 0.743. The number of piperazine rings is 1. The quantitative estimate of drug-likeness (QED) is 0.802. The molecular weight excluding hydrogens is 232 g/mol. The van der Waals surface area contributed by atoms with E-state index in [0.29, 0.717) is 0 Å². The fourth-order valence-corrected chi connectivity index (χ4v) is 3.69. The van der Waals surface area contributed by atoms with Crippen LogP contribution in [0, 0.1) is 0 Å². The summed E-state index contributed by atoms with van der Waals surface area (Å²) < 4.78 is 0. The zero-order valence-electron chi connectivity index (χ0n) is 12.5. The van der Waals surface area contributed by atoms with Gasteiger partial charge in [0, 0.05) is 31.9 Å². The molecule has 2 nitrogen and oxygen atoms in total. The molecule has 0 unspecified atom stereocenters. The third-order valence-corrected chi connectivity index (χ3v) is 5.04. The lowest BCUT2D eigenvalue weighted by molar-refractivity contribution is 0.313. The van der Waals surface area contributed by atoms with Crippen molar-refractivity contribution in [1.82, 2.24) is 4.90 Å². The monoisotopic (exact) mass is 258 g/mol. The van der Waals surface area contributed by atoms with Gasteiger partial charge in [0.25, 0.3) is 0 Å². The highest BCUT2D eigenvalue weighted by Gasteiger charge is 2.27. The first-order valence-corrected chi connectivity index (χ1v) is 7.76. The van der Waals surface area contributed by atoms with Crippen LogP contribution in [-0.2, 0) is 0 Å². The summed E-state index contributed by atoms with van der Waals surface area (Å²) in [5.41, 5.74) is 4.67. The minimum Gasteiger partial charge on any atom is -0.369 e. The second kappa shape index (κ2) is 5.16. The zero-order chi connectivity index (χ0) is 13.4. The summed E-state index contributed by atoms with van der Waals surface area (Å²) in [4.78, 5) is 4.96. The number of benzene rings is 1. The van der Waals surface area contributed by atoms with Gasteiger partial charge in [-0.15, -0.1) is 0 Å². The largest absolute Gasteiger partial charge is 0.369 e. The molecule has 0 amide bonds. The van der Waals surface area contributed by atoms with Crippen LogP contribution < -0.4 is 4.90 Å². The Labute approximate surface area is 117 Å². The lowest BCUT2D eigenvalue weighted by atomic mass is 9.98. The number of likely N-dealkylation sites (N-methyl/N-ethyl adjacent to an activating group) is 1. The van der Waals surface area contributed by atoms with E-state index in [1.165, 1.54) is 44.7 Å². The molecule has 104 valence electrons. The summed E-state index contributed by atoms with van der Waals surface area (Å²) in [6.07, 6.45) is 2.63. The van der Waals surface area contributed by atoms with Crippen LogP contribution in [0.5, 0.6) is 0 Å². The first-order valence-electron chi connectivity index (χ1n) is 7.76. The number of hydrogen-bond acceptors (Lipinski definition) is 2. The van der Waals surface area contributed by atoms with Crippen molar-refractivity contribution in [2.24, 2.45) is 0 Å². The second-order valence-electron chi connectivity index (χ2n) is 6.35. The van der Waals surface area contributed by atoms with Gasteiger partial charge in [-0.05, 0) is 55.0 Å². The standard InChI is InChI=1S/C17H26N2/c1-4-14-11-13(2)17-12-15(5-6-16(14)17)19-9-7-18(3)8-10-19/h5-6,12-14H,4,7-11H2,1-3H3/t13-,14-/m1/s1. The molecule has 1 aliphatic carbocycles. The second-order valence-corrected chi connectivity index (χ2v) is 6.35. The molecule has 2 aliphatic rings. The van der Waals surface area contributed by atoms with Gasteiger partial charge in [-0.25, -0.2) is 0 Å². The van der Waals surface area contributed by atoms with Gasteiger partial charge >= 0.3 is 0 Å². The van der Waals surface area contributed by atoms with Crippen LogP contribution in [0.2, 0.25) is 0 Å². The topological polar surface area (TPSA) is 6.48 Å². The number of hydrogen-bond donors (Lipinski definition) is 0.